The summed E-state index contributed by atoms with van der Waals surface area (Å²) in [5.74, 6) is -0.367. The molecule has 1 aromatic heterocycles. The molecule has 30 heavy (non-hydrogen) atoms. The van der Waals surface area contributed by atoms with Crippen LogP contribution in [0.4, 0.5) is 16.5 Å². The third kappa shape index (κ3) is 5.67. The molecule has 0 saturated carbocycles. The molecule has 7 heteroatoms. The molecule has 0 bridgehead atoms. The fourth-order valence-electron chi connectivity index (χ4n) is 3.16. The van der Waals surface area contributed by atoms with Gasteiger partial charge < -0.3 is 10.2 Å². The van der Waals surface area contributed by atoms with Crippen molar-refractivity contribution in [2.75, 3.05) is 22.1 Å². The molecule has 1 heterocycles. The van der Waals surface area contributed by atoms with Gasteiger partial charge in [0.15, 0.2) is 5.13 Å². The Balaban J connectivity index is 1.55. The average Bonchev–Trinajstić information content (AvgIpc) is 3.16. The Morgan fingerprint density at radius 2 is 1.73 bits per heavy atom. The first-order valence-corrected chi connectivity index (χ1v) is 10.8. The number of nitrogens with zero attached hydrogens (tertiary/aromatic N) is 2. The van der Waals surface area contributed by atoms with Gasteiger partial charge in [-0.25, -0.2) is 4.98 Å². The molecule has 2 amide bonds. The summed E-state index contributed by atoms with van der Waals surface area (Å²) >= 11 is 1.30. The van der Waals surface area contributed by atoms with E-state index in [0.29, 0.717) is 22.4 Å². The Bertz CT molecular complexity index is 984. The maximum Gasteiger partial charge on any atom is 0.257 e. The van der Waals surface area contributed by atoms with Crippen molar-refractivity contribution in [3.05, 3.63) is 71.2 Å². The van der Waals surface area contributed by atoms with E-state index in [1.165, 1.54) is 11.3 Å². The van der Waals surface area contributed by atoms with Gasteiger partial charge in [-0.1, -0.05) is 18.2 Å². The van der Waals surface area contributed by atoms with Crippen LogP contribution in [0, 0.1) is 0 Å². The zero-order chi connectivity index (χ0) is 21.5. The molecule has 2 aromatic carbocycles. The number of rotatable bonds is 8. The van der Waals surface area contributed by atoms with Gasteiger partial charge in [0.25, 0.3) is 5.91 Å². The lowest BCUT2D eigenvalue weighted by atomic mass is 10.2. The van der Waals surface area contributed by atoms with Gasteiger partial charge in [0.2, 0.25) is 5.91 Å². The Kier molecular flexibility index (Phi) is 7.19. The minimum atomic E-state index is -0.219. The van der Waals surface area contributed by atoms with Gasteiger partial charge in [0.05, 0.1) is 12.1 Å². The number of thiazole rings is 1. The van der Waals surface area contributed by atoms with E-state index < -0.39 is 0 Å². The zero-order valence-corrected chi connectivity index (χ0v) is 18.2. The molecule has 3 aromatic rings. The number of hydrogen-bond donors (Lipinski definition) is 2. The highest BCUT2D eigenvalue weighted by atomic mass is 32.1. The zero-order valence-electron chi connectivity index (χ0n) is 17.4. The number of benzene rings is 2. The smallest absolute Gasteiger partial charge is 0.257 e. The van der Waals surface area contributed by atoms with Crippen molar-refractivity contribution in [1.82, 2.24) is 4.98 Å². The minimum absolute atomic E-state index is 0.145. The molecular formula is C23H26N4O2S. The summed E-state index contributed by atoms with van der Waals surface area (Å²) in [5, 5.41) is 7.92. The maximum atomic E-state index is 12.4. The number of nitrogens with one attached hydrogen (secondary N) is 2. The molecule has 0 fully saturated rings. The van der Waals surface area contributed by atoms with E-state index in [1.54, 1.807) is 17.5 Å². The number of carbonyl (C=O) groups excluding carboxylic acids is 2. The lowest BCUT2D eigenvalue weighted by Crippen LogP contribution is -2.30. The molecule has 2 N–H and O–H groups in total. The van der Waals surface area contributed by atoms with Crippen LogP contribution >= 0.6 is 11.3 Å². The molecule has 156 valence electrons. The molecule has 0 aliphatic heterocycles. The third-order valence-electron chi connectivity index (χ3n) is 4.60. The summed E-state index contributed by atoms with van der Waals surface area (Å²) in [6.45, 7) is 7.36. The number of carbonyl (C=O) groups is 2. The van der Waals surface area contributed by atoms with Crippen molar-refractivity contribution >= 4 is 39.7 Å². The minimum Gasteiger partial charge on any atom is -0.369 e. The summed E-state index contributed by atoms with van der Waals surface area (Å²) in [6, 6.07) is 17.2. The molecular weight excluding hydrogens is 396 g/mol. The molecule has 6 nitrogen and oxygen atoms in total. The molecule has 0 spiro atoms. The van der Waals surface area contributed by atoms with Crippen molar-refractivity contribution in [2.24, 2.45) is 0 Å². The predicted molar refractivity (Wildman–Crippen MR) is 123 cm³/mol. The van der Waals surface area contributed by atoms with Crippen LogP contribution in [0.5, 0.6) is 0 Å². The Labute approximate surface area is 181 Å². The molecule has 0 aliphatic rings. The highest BCUT2D eigenvalue weighted by Gasteiger charge is 2.12. The van der Waals surface area contributed by atoms with Crippen LogP contribution in [0.1, 0.15) is 36.8 Å². The van der Waals surface area contributed by atoms with E-state index >= 15 is 0 Å². The Morgan fingerprint density at radius 1 is 1.03 bits per heavy atom. The van der Waals surface area contributed by atoms with Gasteiger partial charge in [-0.05, 0) is 57.2 Å². The number of anilines is 3. The summed E-state index contributed by atoms with van der Waals surface area (Å²) < 4.78 is 0. The van der Waals surface area contributed by atoms with Crippen molar-refractivity contribution in [2.45, 2.75) is 33.2 Å². The Morgan fingerprint density at radius 3 is 2.37 bits per heavy atom. The topological polar surface area (TPSA) is 74.3 Å². The van der Waals surface area contributed by atoms with Gasteiger partial charge in [0.1, 0.15) is 0 Å². The second-order valence-electron chi connectivity index (χ2n) is 7.12. The van der Waals surface area contributed by atoms with Crippen LogP contribution in [0.3, 0.4) is 0 Å². The van der Waals surface area contributed by atoms with Gasteiger partial charge in [-0.2, -0.15) is 0 Å². The lowest BCUT2D eigenvalue weighted by molar-refractivity contribution is -0.115. The first-order chi connectivity index (χ1) is 14.5. The van der Waals surface area contributed by atoms with Crippen molar-refractivity contribution in [3.8, 4) is 0 Å². The molecule has 0 atom stereocenters. The maximum absolute atomic E-state index is 12.4. The summed E-state index contributed by atoms with van der Waals surface area (Å²) in [5.41, 5.74) is 3.06. The monoisotopic (exact) mass is 422 g/mol. The fraction of sp³-hybridized carbons (Fsp3) is 0.261. The summed E-state index contributed by atoms with van der Waals surface area (Å²) in [7, 11) is 0. The second-order valence-corrected chi connectivity index (χ2v) is 7.97. The van der Waals surface area contributed by atoms with Crippen molar-refractivity contribution in [1.29, 1.82) is 0 Å². The normalized spacial score (nSPS) is 10.7. The Hall–Kier alpha value is -3.19. The molecule has 0 aliphatic carbocycles. The van der Waals surface area contributed by atoms with Gasteiger partial charge >= 0.3 is 0 Å². The van der Waals surface area contributed by atoms with Crippen LogP contribution in [0.25, 0.3) is 0 Å². The molecule has 0 radical (unpaired) electrons. The first-order valence-electron chi connectivity index (χ1n) is 9.93. The van der Waals surface area contributed by atoms with Crippen molar-refractivity contribution in [3.63, 3.8) is 0 Å². The van der Waals surface area contributed by atoms with E-state index in [4.69, 9.17) is 0 Å². The second kappa shape index (κ2) is 10.0. The highest BCUT2D eigenvalue weighted by Crippen LogP contribution is 2.21. The van der Waals surface area contributed by atoms with E-state index in [-0.39, 0.29) is 18.2 Å². The van der Waals surface area contributed by atoms with Gasteiger partial charge in [-0.15, -0.1) is 11.3 Å². The highest BCUT2D eigenvalue weighted by molar-refractivity contribution is 7.14. The van der Waals surface area contributed by atoms with E-state index in [0.717, 1.165) is 17.9 Å². The van der Waals surface area contributed by atoms with Gasteiger partial charge in [-0.3, -0.25) is 14.9 Å². The quantitative estimate of drug-likeness (QED) is 0.546. The van der Waals surface area contributed by atoms with E-state index in [9.17, 15) is 9.59 Å². The van der Waals surface area contributed by atoms with Crippen LogP contribution < -0.4 is 15.5 Å². The summed E-state index contributed by atoms with van der Waals surface area (Å²) in [6.07, 6.45) is 0.145. The first kappa shape index (κ1) is 21.5. The van der Waals surface area contributed by atoms with Gasteiger partial charge in [0, 0.05) is 34.9 Å². The fourth-order valence-corrected chi connectivity index (χ4v) is 3.86. The SMILES string of the molecule is CCN(c1ccc(NC(=O)Cc2csc(NC(=O)c3ccccc3)n2)cc1)C(C)C. The average molecular weight is 423 g/mol. The van der Waals surface area contributed by atoms with Crippen molar-refractivity contribution < 1.29 is 9.59 Å². The van der Waals surface area contributed by atoms with Crippen LogP contribution in [-0.2, 0) is 11.2 Å². The molecule has 0 unspecified atom stereocenters. The van der Waals surface area contributed by atoms with Crippen LogP contribution in [0.2, 0.25) is 0 Å². The predicted octanol–water partition coefficient (Wildman–Crippen LogP) is 4.81. The number of aromatic nitrogens is 1. The van der Waals surface area contributed by atoms with Crippen LogP contribution in [0.15, 0.2) is 60.0 Å². The molecule has 0 saturated heterocycles. The van der Waals surface area contributed by atoms with E-state index in [1.807, 2.05) is 42.5 Å². The summed E-state index contributed by atoms with van der Waals surface area (Å²) in [4.78, 5) is 31.2. The van der Waals surface area contributed by atoms with E-state index in [2.05, 4.69) is 41.3 Å². The largest absolute Gasteiger partial charge is 0.369 e. The third-order valence-corrected chi connectivity index (χ3v) is 5.40. The number of amides is 2. The number of hydrogen-bond acceptors (Lipinski definition) is 5. The lowest BCUT2D eigenvalue weighted by Gasteiger charge is -2.27. The molecule has 3 rings (SSSR count). The van der Waals surface area contributed by atoms with Crippen LogP contribution in [-0.4, -0.2) is 29.4 Å². The standard InChI is InChI=1S/C23H26N4O2S/c1-4-27(16(2)3)20-12-10-18(11-13-20)24-21(28)14-19-15-30-23(25-19)26-22(29)17-8-6-5-7-9-17/h5-13,15-16H,4,14H2,1-3H3,(H,24,28)(H,25,26,29).